The Morgan fingerprint density at radius 1 is 1.16 bits per heavy atom. The maximum atomic E-state index is 12.6. The number of hydrogen-bond donors (Lipinski definition) is 0. The predicted molar refractivity (Wildman–Crippen MR) is 101 cm³/mol. The molecule has 2 aromatic carbocycles. The number of alkyl halides is 3. The quantitative estimate of drug-likeness (QED) is 0.626. The molecule has 7 nitrogen and oxygen atoms in total. The molecule has 2 heterocycles. The Morgan fingerprint density at radius 2 is 1.87 bits per heavy atom. The summed E-state index contributed by atoms with van der Waals surface area (Å²) in [4.78, 5) is 17.6. The van der Waals surface area contributed by atoms with Crippen molar-refractivity contribution >= 4 is 5.91 Å². The second kappa shape index (κ2) is 8.10. The molecule has 3 aromatic rings. The number of nitriles is 1. The number of carbonyl (C=O) groups excluding carboxylic acids is 1. The highest BCUT2D eigenvalue weighted by Gasteiger charge is 2.38. The molecule has 1 fully saturated rings. The third kappa shape index (κ3) is 4.50. The van der Waals surface area contributed by atoms with E-state index in [4.69, 9.17) is 10.00 Å². The average Bonchev–Trinajstić information content (AvgIpc) is 3.44. The van der Waals surface area contributed by atoms with Crippen LogP contribution >= 0.6 is 0 Å². The minimum atomic E-state index is -4.70. The summed E-state index contributed by atoms with van der Waals surface area (Å²) in [6, 6.07) is 14.7. The van der Waals surface area contributed by atoms with Crippen LogP contribution in [0.1, 0.15) is 28.2 Å². The predicted octanol–water partition coefficient (Wildman–Crippen LogP) is 3.92. The van der Waals surface area contributed by atoms with Crippen LogP contribution in [0.4, 0.5) is 13.2 Å². The smallest absolute Gasteiger partial charge is 0.471 e. The summed E-state index contributed by atoms with van der Waals surface area (Å²) in [7, 11) is 0. The first-order valence-electron chi connectivity index (χ1n) is 9.31. The molecule has 0 N–H and O–H groups in total. The number of ether oxygens (including phenoxy) is 1. The lowest BCUT2D eigenvalue weighted by Gasteiger charge is -2.17. The van der Waals surface area contributed by atoms with Crippen molar-refractivity contribution in [3.63, 3.8) is 0 Å². The normalized spacial score (nSPS) is 16.2. The molecular formula is C21H15F3N4O3. The van der Waals surface area contributed by atoms with Crippen LogP contribution in [0.15, 0.2) is 53.1 Å². The van der Waals surface area contributed by atoms with Crippen LogP contribution in [-0.4, -0.2) is 40.1 Å². The standard InChI is InChI=1S/C21H15F3N4O3/c22-21(23,24)20-26-18(27-31-20)14-5-7-16(8-6-14)30-17-9-10-28(12-17)19(29)15-3-1-13(11-25)2-4-15/h1-8,17H,9-10,12H2/t17-/m0/s1. The van der Waals surface area contributed by atoms with Gasteiger partial charge in [-0.25, -0.2) is 0 Å². The lowest BCUT2D eigenvalue weighted by molar-refractivity contribution is -0.159. The molecule has 0 bridgehead atoms. The van der Waals surface area contributed by atoms with Gasteiger partial charge in [-0.3, -0.25) is 4.79 Å². The van der Waals surface area contributed by atoms with Gasteiger partial charge in [0.2, 0.25) is 5.82 Å². The van der Waals surface area contributed by atoms with Crippen molar-refractivity contribution in [2.75, 3.05) is 13.1 Å². The van der Waals surface area contributed by atoms with E-state index in [1.165, 1.54) is 12.1 Å². The number of halogens is 3. The fourth-order valence-electron chi connectivity index (χ4n) is 3.21. The first-order valence-corrected chi connectivity index (χ1v) is 9.31. The molecule has 0 saturated carbocycles. The van der Waals surface area contributed by atoms with Crippen molar-refractivity contribution in [3.8, 4) is 23.2 Å². The lowest BCUT2D eigenvalue weighted by atomic mass is 10.1. The third-order valence-electron chi connectivity index (χ3n) is 4.78. The van der Waals surface area contributed by atoms with E-state index in [9.17, 15) is 18.0 Å². The van der Waals surface area contributed by atoms with Gasteiger partial charge >= 0.3 is 12.1 Å². The maximum Gasteiger partial charge on any atom is 0.471 e. The molecule has 1 aromatic heterocycles. The lowest BCUT2D eigenvalue weighted by Crippen LogP contribution is -2.30. The van der Waals surface area contributed by atoms with Crippen molar-refractivity contribution in [2.24, 2.45) is 0 Å². The number of benzene rings is 2. The molecule has 4 rings (SSSR count). The van der Waals surface area contributed by atoms with Crippen LogP contribution < -0.4 is 4.74 Å². The Labute approximate surface area is 174 Å². The van der Waals surface area contributed by atoms with E-state index < -0.39 is 12.1 Å². The van der Waals surface area contributed by atoms with E-state index in [1.54, 1.807) is 41.3 Å². The molecule has 158 valence electrons. The van der Waals surface area contributed by atoms with Crippen molar-refractivity contribution < 1.29 is 27.2 Å². The van der Waals surface area contributed by atoms with Crippen molar-refractivity contribution in [2.45, 2.75) is 18.7 Å². The molecule has 10 heteroatoms. The van der Waals surface area contributed by atoms with Gasteiger partial charge in [0.25, 0.3) is 5.91 Å². The molecule has 0 radical (unpaired) electrons. The van der Waals surface area contributed by atoms with E-state index in [1.807, 2.05) is 6.07 Å². The van der Waals surface area contributed by atoms with Gasteiger partial charge < -0.3 is 14.2 Å². The minimum Gasteiger partial charge on any atom is -0.489 e. The summed E-state index contributed by atoms with van der Waals surface area (Å²) in [5, 5.41) is 12.2. The van der Waals surface area contributed by atoms with Crippen LogP contribution in [0, 0.1) is 11.3 Å². The minimum absolute atomic E-state index is 0.136. The summed E-state index contributed by atoms with van der Waals surface area (Å²) in [6.45, 7) is 0.936. The molecule has 1 aliphatic heterocycles. The zero-order valence-corrected chi connectivity index (χ0v) is 16.0. The number of rotatable bonds is 4. The van der Waals surface area contributed by atoms with Crippen molar-refractivity contribution in [1.82, 2.24) is 15.0 Å². The van der Waals surface area contributed by atoms with Crippen LogP contribution in [0.2, 0.25) is 0 Å². The summed E-state index contributed by atoms with van der Waals surface area (Å²) < 4.78 is 47.9. The van der Waals surface area contributed by atoms with Gasteiger partial charge in [0.1, 0.15) is 11.9 Å². The van der Waals surface area contributed by atoms with Crippen LogP contribution in [0.3, 0.4) is 0 Å². The van der Waals surface area contributed by atoms with E-state index >= 15 is 0 Å². The first-order chi connectivity index (χ1) is 14.8. The highest BCUT2D eigenvalue weighted by atomic mass is 19.4. The Balaban J connectivity index is 1.36. The van der Waals surface area contributed by atoms with E-state index in [-0.39, 0.29) is 17.8 Å². The van der Waals surface area contributed by atoms with Gasteiger partial charge in [0.05, 0.1) is 18.2 Å². The van der Waals surface area contributed by atoms with Crippen LogP contribution in [0.5, 0.6) is 5.75 Å². The third-order valence-corrected chi connectivity index (χ3v) is 4.78. The summed E-state index contributed by atoms with van der Waals surface area (Å²) in [6.07, 6.45) is -4.27. The summed E-state index contributed by atoms with van der Waals surface area (Å²) in [5.74, 6) is -1.19. The number of amides is 1. The molecule has 1 amide bonds. The van der Waals surface area contributed by atoms with Gasteiger partial charge in [-0.1, -0.05) is 5.16 Å². The molecule has 0 spiro atoms. The number of nitrogens with zero attached hydrogens (tertiary/aromatic N) is 4. The molecule has 0 aliphatic carbocycles. The van der Waals surface area contributed by atoms with Crippen molar-refractivity contribution in [3.05, 3.63) is 65.5 Å². The van der Waals surface area contributed by atoms with E-state index in [2.05, 4.69) is 14.7 Å². The van der Waals surface area contributed by atoms with E-state index in [0.717, 1.165) is 0 Å². The summed E-state index contributed by atoms with van der Waals surface area (Å²) in [5.41, 5.74) is 1.34. The number of likely N-dealkylation sites (tertiary alicyclic amines) is 1. The molecule has 1 atom stereocenters. The second-order valence-electron chi connectivity index (χ2n) is 6.91. The first kappa shape index (κ1) is 20.4. The second-order valence-corrected chi connectivity index (χ2v) is 6.91. The topological polar surface area (TPSA) is 92.2 Å². The fraction of sp³-hybridized carbons (Fsp3) is 0.238. The zero-order valence-electron chi connectivity index (χ0n) is 16.0. The zero-order chi connectivity index (χ0) is 22.0. The Kier molecular flexibility index (Phi) is 5.33. The monoisotopic (exact) mass is 428 g/mol. The Hall–Kier alpha value is -3.87. The molecule has 0 unspecified atom stereocenters. The van der Waals surface area contributed by atoms with Gasteiger partial charge in [-0.15, -0.1) is 0 Å². The Bertz CT molecular complexity index is 1120. The maximum absolute atomic E-state index is 12.6. The molecule has 1 aliphatic rings. The van der Waals surface area contributed by atoms with Gasteiger partial charge in [-0.2, -0.15) is 23.4 Å². The largest absolute Gasteiger partial charge is 0.489 e. The molecule has 31 heavy (non-hydrogen) atoms. The Morgan fingerprint density at radius 3 is 2.48 bits per heavy atom. The van der Waals surface area contributed by atoms with Crippen LogP contribution in [0.25, 0.3) is 11.4 Å². The number of hydrogen-bond acceptors (Lipinski definition) is 6. The molecular weight excluding hydrogens is 413 g/mol. The fourth-order valence-corrected chi connectivity index (χ4v) is 3.21. The molecule has 1 saturated heterocycles. The number of aromatic nitrogens is 2. The highest BCUT2D eigenvalue weighted by molar-refractivity contribution is 5.94. The van der Waals surface area contributed by atoms with E-state index in [0.29, 0.717) is 42.0 Å². The van der Waals surface area contributed by atoms with Crippen LogP contribution in [-0.2, 0) is 6.18 Å². The van der Waals surface area contributed by atoms with Gasteiger partial charge in [0.15, 0.2) is 0 Å². The van der Waals surface area contributed by atoms with Crippen molar-refractivity contribution in [1.29, 1.82) is 5.26 Å². The van der Waals surface area contributed by atoms with Gasteiger partial charge in [0, 0.05) is 24.1 Å². The highest BCUT2D eigenvalue weighted by Crippen LogP contribution is 2.30. The summed E-state index contributed by atoms with van der Waals surface area (Å²) >= 11 is 0. The number of carbonyl (C=O) groups is 1. The average molecular weight is 428 g/mol. The van der Waals surface area contributed by atoms with Gasteiger partial charge in [-0.05, 0) is 48.5 Å². The SMILES string of the molecule is N#Cc1ccc(C(=O)N2CC[C@H](Oc3ccc(-c4noc(C(F)(F)F)n4)cc3)C2)cc1.